The van der Waals surface area contributed by atoms with Crippen LogP contribution in [0.4, 0.5) is 4.79 Å². The second-order valence-corrected chi connectivity index (χ2v) is 16.7. The van der Waals surface area contributed by atoms with E-state index in [0.717, 1.165) is 0 Å². The Bertz CT molecular complexity index is 1480. The molecule has 272 valence electrons. The van der Waals surface area contributed by atoms with Gasteiger partial charge in [-0.25, -0.2) is 9.59 Å². The number of ether oxygens (including phenoxy) is 4. The van der Waals surface area contributed by atoms with Gasteiger partial charge in [0.15, 0.2) is 11.9 Å². The van der Waals surface area contributed by atoms with E-state index < -0.39 is 88.2 Å². The first-order valence-corrected chi connectivity index (χ1v) is 17.3. The van der Waals surface area contributed by atoms with E-state index in [1.165, 1.54) is 0 Å². The molecule has 11 heteroatoms. The van der Waals surface area contributed by atoms with Crippen LogP contribution in [0.3, 0.4) is 0 Å². The molecule has 4 N–H and O–H groups in total. The normalized spacial score (nSPS) is 38.1. The number of esters is 1. The second-order valence-electron chi connectivity index (χ2n) is 16.7. The molecule has 0 aromatic heterocycles. The van der Waals surface area contributed by atoms with Crippen molar-refractivity contribution < 1.29 is 48.7 Å². The molecule has 2 saturated carbocycles. The van der Waals surface area contributed by atoms with E-state index in [4.69, 9.17) is 18.9 Å². The third kappa shape index (κ3) is 5.83. The van der Waals surface area contributed by atoms with E-state index in [9.17, 15) is 29.7 Å². The standard InChI is InChI=1S/C38H55NO10/c1-20-24(48-32(43)29(41)28(22-14-12-11-13-15-22)39-33(44)49-34(3,4)5)17-38(45)21(2)30-36(8)19-47-25(36)16-26(46-10)37(30,9)31(42)23(18-40)27(20)35(38,6)7/h11-15,21,23-26,28-30,40-41,45H,16-19H2,1-10H3,(H,39,44)/t21-,23-,24?,25?,26-,28?,29?,30+,36?,37+,38-/m1/s1. The molecule has 5 rings (SSSR count). The summed E-state index contributed by atoms with van der Waals surface area (Å²) in [4.78, 5) is 41.6. The van der Waals surface area contributed by atoms with Crippen LogP contribution in [0.1, 0.15) is 86.8 Å². The number of aliphatic hydroxyl groups is 3. The maximum absolute atomic E-state index is 14.9. The number of carbonyl (C=O) groups is 3. The highest BCUT2D eigenvalue weighted by Gasteiger charge is 2.73. The molecule has 0 radical (unpaired) electrons. The first-order valence-electron chi connectivity index (χ1n) is 17.3. The summed E-state index contributed by atoms with van der Waals surface area (Å²) in [5.74, 6) is -3.10. The smallest absolute Gasteiger partial charge is 0.408 e. The summed E-state index contributed by atoms with van der Waals surface area (Å²) in [6.07, 6.45) is -3.85. The summed E-state index contributed by atoms with van der Waals surface area (Å²) >= 11 is 0. The predicted octanol–water partition coefficient (Wildman–Crippen LogP) is 4.28. The number of Topliss-reactive ketones (excluding diaryl/α,β-unsaturated/α-hetero) is 1. The number of ketones is 1. The van der Waals surface area contributed by atoms with Crippen LogP contribution in [0.5, 0.6) is 0 Å². The second kappa shape index (κ2) is 12.7. The molecule has 3 fully saturated rings. The highest BCUT2D eigenvalue weighted by molar-refractivity contribution is 5.91. The highest BCUT2D eigenvalue weighted by Crippen LogP contribution is 2.68. The van der Waals surface area contributed by atoms with E-state index in [1.807, 2.05) is 27.7 Å². The summed E-state index contributed by atoms with van der Waals surface area (Å²) < 4.78 is 23.5. The molecule has 1 aromatic rings. The van der Waals surface area contributed by atoms with Crippen LogP contribution in [0.15, 0.2) is 41.5 Å². The SMILES string of the molecule is CO[C@@H]1CC2OCC2(C)[C@@H]2[C@@H](C)[C@]3(O)CC(OC(=O)C(O)C(NC(=O)OC(C)(C)C)c4ccccc4)C(C)=C([C@@H](CO)C(=O)[C@@]12C)C3(C)C. The molecule has 11 atom stereocenters. The molecule has 1 aromatic carbocycles. The van der Waals surface area contributed by atoms with E-state index >= 15 is 0 Å². The van der Waals surface area contributed by atoms with Gasteiger partial charge in [0.25, 0.3) is 0 Å². The van der Waals surface area contributed by atoms with E-state index in [1.54, 1.807) is 65.1 Å². The van der Waals surface area contributed by atoms with Crippen LogP contribution in [-0.2, 0) is 28.5 Å². The molecule has 11 nitrogen and oxygen atoms in total. The Balaban J connectivity index is 1.56. The third-order valence-corrected chi connectivity index (χ3v) is 12.5. The fourth-order valence-corrected chi connectivity index (χ4v) is 10.1. The lowest BCUT2D eigenvalue weighted by Crippen LogP contribution is -2.75. The highest BCUT2D eigenvalue weighted by atomic mass is 16.6. The number of hydrogen-bond donors (Lipinski definition) is 4. The van der Waals surface area contributed by atoms with Crippen molar-refractivity contribution in [3.05, 3.63) is 47.0 Å². The number of rotatable bonds is 7. The van der Waals surface area contributed by atoms with Gasteiger partial charge in [0.05, 0.1) is 48.4 Å². The summed E-state index contributed by atoms with van der Waals surface area (Å²) in [6.45, 7) is 16.5. The van der Waals surface area contributed by atoms with Gasteiger partial charge in [-0.1, -0.05) is 58.0 Å². The Hall–Kier alpha value is -2.83. The van der Waals surface area contributed by atoms with Crippen LogP contribution >= 0.6 is 0 Å². The van der Waals surface area contributed by atoms with E-state index in [2.05, 4.69) is 12.2 Å². The minimum Gasteiger partial charge on any atom is -0.456 e. The van der Waals surface area contributed by atoms with Gasteiger partial charge in [0.1, 0.15) is 11.7 Å². The lowest BCUT2D eigenvalue weighted by Gasteiger charge is -2.69. The number of fused-ring (bicyclic) bond motifs is 5. The number of benzene rings is 1. The van der Waals surface area contributed by atoms with Crippen molar-refractivity contribution in [1.82, 2.24) is 5.32 Å². The van der Waals surface area contributed by atoms with Gasteiger partial charge >= 0.3 is 12.1 Å². The molecule has 3 aliphatic carbocycles. The first-order chi connectivity index (χ1) is 22.7. The number of carbonyl (C=O) groups excluding carboxylic acids is 3. The lowest BCUT2D eigenvalue weighted by molar-refractivity contribution is -0.304. The zero-order valence-electron chi connectivity index (χ0n) is 30.5. The van der Waals surface area contributed by atoms with Gasteiger partial charge in [0.2, 0.25) is 0 Å². The van der Waals surface area contributed by atoms with Gasteiger partial charge in [-0.05, 0) is 63.2 Å². The van der Waals surface area contributed by atoms with Gasteiger partial charge in [-0.15, -0.1) is 0 Å². The predicted molar refractivity (Wildman–Crippen MR) is 180 cm³/mol. The Morgan fingerprint density at radius 2 is 1.76 bits per heavy atom. The largest absolute Gasteiger partial charge is 0.456 e. The first kappa shape index (κ1) is 37.4. The number of aliphatic hydroxyl groups excluding tert-OH is 2. The van der Waals surface area contributed by atoms with Crippen molar-refractivity contribution in [1.29, 1.82) is 0 Å². The van der Waals surface area contributed by atoms with Crippen LogP contribution in [-0.4, -0.2) is 89.1 Å². The van der Waals surface area contributed by atoms with Crippen LogP contribution in [0.25, 0.3) is 0 Å². The van der Waals surface area contributed by atoms with Crippen LogP contribution in [0.2, 0.25) is 0 Å². The topological polar surface area (TPSA) is 161 Å². The monoisotopic (exact) mass is 685 g/mol. The maximum atomic E-state index is 14.9. The quantitative estimate of drug-likeness (QED) is 0.241. The Labute approximate surface area is 289 Å². The molecule has 1 heterocycles. The van der Waals surface area contributed by atoms with Crippen molar-refractivity contribution in [2.24, 2.45) is 34.0 Å². The fourth-order valence-electron chi connectivity index (χ4n) is 10.1. The number of alkyl carbamates (subject to hydrolysis) is 1. The molecule has 0 spiro atoms. The van der Waals surface area contributed by atoms with Gasteiger partial charge in [0, 0.05) is 30.8 Å². The summed E-state index contributed by atoms with van der Waals surface area (Å²) in [5.41, 5.74) is -3.35. The zero-order valence-corrected chi connectivity index (χ0v) is 30.5. The third-order valence-electron chi connectivity index (χ3n) is 12.5. The fraction of sp³-hybridized carbons (Fsp3) is 0.711. The number of amides is 1. The molecule has 5 unspecified atom stereocenters. The average Bonchev–Trinajstić information content (AvgIpc) is 3.02. The van der Waals surface area contributed by atoms with E-state index in [-0.39, 0.29) is 18.3 Å². The van der Waals surface area contributed by atoms with Crippen LogP contribution in [0, 0.1) is 34.0 Å². The van der Waals surface area contributed by atoms with Crippen molar-refractivity contribution in [2.45, 2.75) is 117 Å². The molecule has 4 aliphatic rings. The lowest BCUT2D eigenvalue weighted by atomic mass is 9.40. The Kier molecular flexibility index (Phi) is 9.73. The summed E-state index contributed by atoms with van der Waals surface area (Å²) in [5, 5.41) is 38.1. The molecular formula is C38H55NO10. The molecule has 1 saturated heterocycles. The molecule has 1 aliphatic heterocycles. The van der Waals surface area contributed by atoms with Gasteiger partial charge in [-0.3, -0.25) is 4.79 Å². The molecule has 1 amide bonds. The average molecular weight is 686 g/mol. The van der Waals surface area contributed by atoms with E-state index in [0.29, 0.717) is 29.7 Å². The van der Waals surface area contributed by atoms with Crippen molar-refractivity contribution in [2.75, 3.05) is 20.3 Å². The molecule has 2 bridgehead atoms. The van der Waals surface area contributed by atoms with Crippen molar-refractivity contribution in [3.63, 3.8) is 0 Å². The number of nitrogens with one attached hydrogen (secondary N) is 1. The maximum Gasteiger partial charge on any atom is 0.408 e. The van der Waals surface area contributed by atoms with Gasteiger partial charge < -0.3 is 39.6 Å². The van der Waals surface area contributed by atoms with Gasteiger partial charge in [-0.2, -0.15) is 0 Å². The summed E-state index contributed by atoms with van der Waals surface area (Å²) in [6, 6.07) is 7.34. The summed E-state index contributed by atoms with van der Waals surface area (Å²) in [7, 11) is 1.59. The molecular weight excluding hydrogens is 630 g/mol. The minimum atomic E-state index is -1.84. The Morgan fingerprint density at radius 3 is 2.29 bits per heavy atom. The number of hydrogen-bond acceptors (Lipinski definition) is 10. The van der Waals surface area contributed by atoms with Crippen LogP contribution < -0.4 is 5.32 Å². The Morgan fingerprint density at radius 1 is 1.12 bits per heavy atom. The van der Waals surface area contributed by atoms with Crippen molar-refractivity contribution >= 4 is 17.8 Å². The van der Waals surface area contributed by atoms with Crippen molar-refractivity contribution in [3.8, 4) is 0 Å². The zero-order chi connectivity index (χ0) is 36.5. The molecule has 49 heavy (non-hydrogen) atoms. The number of methoxy groups -OCH3 is 1. The minimum absolute atomic E-state index is 0.0113.